The molecule has 7 heteroatoms. The second-order valence-corrected chi connectivity index (χ2v) is 7.82. The number of hydrogen-bond donors (Lipinski definition) is 3. The average molecular weight is 339 g/mol. The lowest BCUT2D eigenvalue weighted by Gasteiger charge is -2.27. The van der Waals surface area contributed by atoms with Crippen molar-refractivity contribution in [2.75, 3.05) is 6.54 Å². The Hall–Kier alpha value is -1.92. The van der Waals surface area contributed by atoms with Crippen molar-refractivity contribution in [1.29, 1.82) is 0 Å². The first-order valence-corrected chi connectivity index (χ1v) is 8.43. The van der Waals surface area contributed by atoms with Gasteiger partial charge in [-0.1, -0.05) is 34.6 Å². The fourth-order valence-electron chi connectivity index (χ4n) is 2.37. The molecule has 3 N–H and O–H groups in total. The Bertz CT molecular complexity index is 508. The van der Waals surface area contributed by atoms with E-state index in [9.17, 15) is 19.2 Å². The molecule has 136 valence electrons. The van der Waals surface area contributed by atoms with Crippen LogP contribution in [0.3, 0.4) is 0 Å². The SMILES string of the molecule is CC(C)C(NC(=O)CCC(C)(C)C)C(=O)NC1CCNC(=O)C1=O. The second-order valence-electron chi connectivity index (χ2n) is 7.82. The summed E-state index contributed by atoms with van der Waals surface area (Å²) in [6, 6.07) is -1.55. The maximum absolute atomic E-state index is 12.4. The third kappa shape index (κ3) is 6.29. The highest BCUT2D eigenvalue weighted by atomic mass is 16.2. The molecular formula is C17H29N3O4. The van der Waals surface area contributed by atoms with Gasteiger partial charge in [0.15, 0.2) is 0 Å². The quantitative estimate of drug-likeness (QED) is 0.614. The van der Waals surface area contributed by atoms with Gasteiger partial charge in [-0.05, 0) is 24.2 Å². The molecule has 0 aromatic rings. The van der Waals surface area contributed by atoms with Crippen molar-refractivity contribution in [3.05, 3.63) is 0 Å². The maximum atomic E-state index is 12.4. The normalized spacial score (nSPS) is 19.7. The van der Waals surface area contributed by atoms with Gasteiger partial charge in [0, 0.05) is 13.0 Å². The monoisotopic (exact) mass is 339 g/mol. The Morgan fingerprint density at radius 3 is 2.42 bits per heavy atom. The molecule has 1 saturated heterocycles. The highest BCUT2D eigenvalue weighted by Gasteiger charge is 2.33. The van der Waals surface area contributed by atoms with E-state index in [4.69, 9.17) is 0 Å². The molecule has 1 rings (SSSR count). The van der Waals surface area contributed by atoms with Gasteiger partial charge in [0.2, 0.25) is 17.6 Å². The van der Waals surface area contributed by atoms with E-state index >= 15 is 0 Å². The van der Waals surface area contributed by atoms with Gasteiger partial charge in [-0.25, -0.2) is 0 Å². The van der Waals surface area contributed by atoms with E-state index in [-0.39, 0.29) is 17.2 Å². The molecule has 1 fully saturated rings. The number of carbonyl (C=O) groups is 4. The van der Waals surface area contributed by atoms with Gasteiger partial charge in [0.1, 0.15) is 6.04 Å². The molecule has 1 aliphatic rings. The zero-order valence-electron chi connectivity index (χ0n) is 15.2. The summed E-state index contributed by atoms with van der Waals surface area (Å²) in [7, 11) is 0. The number of ketones is 1. The standard InChI is InChI=1S/C17H29N3O4/c1-10(2)13(20-12(21)6-8-17(3,4)5)15(23)19-11-7-9-18-16(24)14(11)22/h10-11,13H,6-9H2,1-5H3,(H,18,24)(H,19,23)(H,20,21). The Morgan fingerprint density at radius 2 is 1.88 bits per heavy atom. The Morgan fingerprint density at radius 1 is 1.25 bits per heavy atom. The fourth-order valence-corrected chi connectivity index (χ4v) is 2.37. The first-order valence-electron chi connectivity index (χ1n) is 8.43. The van der Waals surface area contributed by atoms with E-state index in [1.165, 1.54) is 0 Å². The van der Waals surface area contributed by atoms with Gasteiger partial charge in [-0.2, -0.15) is 0 Å². The van der Waals surface area contributed by atoms with Gasteiger partial charge in [-0.3, -0.25) is 19.2 Å². The first kappa shape index (κ1) is 20.1. The number of Topliss-reactive ketones (excluding diaryl/α,β-unsaturated/α-hetero) is 1. The predicted octanol–water partition coefficient (Wildman–Crippen LogP) is 0.527. The third-order valence-electron chi connectivity index (χ3n) is 3.94. The second kappa shape index (κ2) is 8.26. The number of nitrogens with one attached hydrogen (secondary N) is 3. The van der Waals surface area contributed by atoms with Crippen molar-refractivity contribution in [3.8, 4) is 0 Å². The molecule has 2 unspecified atom stereocenters. The lowest BCUT2D eigenvalue weighted by molar-refractivity contribution is -0.142. The van der Waals surface area contributed by atoms with Crippen LogP contribution < -0.4 is 16.0 Å². The maximum Gasteiger partial charge on any atom is 0.289 e. The number of amides is 3. The molecule has 3 amide bonds. The highest BCUT2D eigenvalue weighted by Crippen LogP contribution is 2.20. The van der Waals surface area contributed by atoms with E-state index < -0.39 is 29.7 Å². The van der Waals surface area contributed by atoms with Crippen molar-refractivity contribution in [1.82, 2.24) is 16.0 Å². The van der Waals surface area contributed by atoms with Crippen LogP contribution in [0.5, 0.6) is 0 Å². The van der Waals surface area contributed by atoms with Crippen LogP contribution in [0.4, 0.5) is 0 Å². The zero-order chi connectivity index (χ0) is 18.5. The third-order valence-corrected chi connectivity index (χ3v) is 3.94. The van der Waals surface area contributed by atoms with Crippen molar-refractivity contribution in [2.24, 2.45) is 11.3 Å². The summed E-state index contributed by atoms with van der Waals surface area (Å²) in [5.41, 5.74) is 0.0365. The number of rotatable bonds is 6. The lowest BCUT2D eigenvalue weighted by Crippen LogP contribution is -2.58. The van der Waals surface area contributed by atoms with Crippen molar-refractivity contribution < 1.29 is 19.2 Å². The highest BCUT2D eigenvalue weighted by molar-refractivity contribution is 6.39. The molecule has 24 heavy (non-hydrogen) atoms. The van der Waals surface area contributed by atoms with E-state index in [0.717, 1.165) is 0 Å². The minimum atomic E-state index is -0.820. The summed E-state index contributed by atoms with van der Waals surface area (Å²) in [4.78, 5) is 47.7. The van der Waals surface area contributed by atoms with Gasteiger partial charge < -0.3 is 16.0 Å². The molecule has 0 aromatic carbocycles. The molecule has 0 bridgehead atoms. The van der Waals surface area contributed by atoms with Crippen LogP contribution in [-0.4, -0.2) is 42.1 Å². The van der Waals surface area contributed by atoms with Gasteiger partial charge >= 0.3 is 0 Å². The van der Waals surface area contributed by atoms with Gasteiger partial charge in [0.05, 0.1) is 6.04 Å². The van der Waals surface area contributed by atoms with Gasteiger partial charge in [0.25, 0.3) is 5.91 Å². The van der Waals surface area contributed by atoms with Gasteiger partial charge in [-0.15, -0.1) is 0 Å². The minimum absolute atomic E-state index is 0.0365. The molecule has 1 aliphatic heterocycles. The van der Waals surface area contributed by atoms with Crippen LogP contribution in [0.25, 0.3) is 0 Å². The van der Waals surface area contributed by atoms with Crippen LogP contribution in [0.2, 0.25) is 0 Å². The zero-order valence-corrected chi connectivity index (χ0v) is 15.2. The van der Waals surface area contributed by atoms with Crippen LogP contribution >= 0.6 is 0 Å². The molecular weight excluding hydrogens is 310 g/mol. The smallest absolute Gasteiger partial charge is 0.289 e. The van der Waals surface area contributed by atoms with E-state index in [0.29, 0.717) is 25.8 Å². The molecule has 1 heterocycles. The van der Waals surface area contributed by atoms with Crippen LogP contribution in [-0.2, 0) is 19.2 Å². The van der Waals surface area contributed by atoms with E-state index in [1.807, 2.05) is 34.6 Å². The lowest BCUT2D eigenvalue weighted by atomic mass is 9.90. The number of carbonyl (C=O) groups excluding carboxylic acids is 4. The summed E-state index contributed by atoms with van der Waals surface area (Å²) in [6.45, 7) is 10.1. The van der Waals surface area contributed by atoms with Crippen molar-refractivity contribution in [2.45, 2.75) is 66.0 Å². The Labute approximate surface area is 143 Å². The fraction of sp³-hybridized carbons (Fsp3) is 0.765. The molecule has 0 radical (unpaired) electrons. The Kier molecular flexibility index (Phi) is 6.93. The van der Waals surface area contributed by atoms with Crippen molar-refractivity contribution >= 4 is 23.5 Å². The molecule has 0 aliphatic carbocycles. The Balaban J connectivity index is 2.63. The first-order chi connectivity index (χ1) is 11.0. The van der Waals surface area contributed by atoms with Crippen LogP contribution in [0, 0.1) is 11.3 Å². The molecule has 0 saturated carbocycles. The van der Waals surface area contributed by atoms with E-state index in [1.54, 1.807) is 0 Å². The number of piperidine rings is 1. The van der Waals surface area contributed by atoms with Crippen LogP contribution in [0.1, 0.15) is 53.9 Å². The number of hydrogen-bond acceptors (Lipinski definition) is 4. The summed E-state index contributed by atoms with van der Waals surface area (Å²) in [5.74, 6) is -2.07. The summed E-state index contributed by atoms with van der Waals surface area (Å²) in [6.07, 6.45) is 1.41. The minimum Gasteiger partial charge on any atom is -0.349 e. The molecule has 0 aromatic heterocycles. The molecule has 0 spiro atoms. The average Bonchev–Trinajstić information content (AvgIpc) is 2.46. The van der Waals surface area contributed by atoms with Crippen LogP contribution in [0.15, 0.2) is 0 Å². The largest absolute Gasteiger partial charge is 0.349 e. The summed E-state index contributed by atoms with van der Waals surface area (Å²) in [5, 5.41) is 7.78. The molecule has 7 nitrogen and oxygen atoms in total. The predicted molar refractivity (Wildman–Crippen MR) is 90.0 cm³/mol. The van der Waals surface area contributed by atoms with Crippen molar-refractivity contribution in [3.63, 3.8) is 0 Å². The summed E-state index contributed by atoms with van der Waals surface area (Å²) >= 11 is 0. The topological polar surface area (TPSA) is 104 Å². The summed E-state index contributed by atoms with van der Waals surface area (Å²) < 4.78 is 0. The van der Waals surface area contributed by atoms with E-state index in [2.05, 4.69) is 16.0 Å². The molecule has 2 atom stereocenters.